The van der Waals surface area contributed by atoms with E-state index in [0.29, 0.717) is 23.6 Å². The fourth-order valence-electron chi connectivity index (χ4n) is 4.61. The van der Waals surface area contributed by atoms with E-state index in [1.807, 2.05) is 37.3 Å². The van der Waals surface area contributed by atoms with Crippen molar-refractivity contribution in [1.82, 2.24) is 10.2 Å². The van der Waals surface area contributed by atoms with Gasteiger partial charge in [0.2, 0.25) is 11.8 Å². The number of sulfonamides is 1. The van der Waals surface area contributed by atoms with Crippen molar-refractivity contribution in [3.63, 3.8) is 0 Å². The van der Waals surface area contributed by atoms with Crippen molar-refractivity contribution < 1.29 is 22.4 Å². The van der Waals surface area contributed by atoms with Crippen molar-refractivity contribution >= 4 is 50.7 Å². The van der Waals surface area contributed by atoms with Gasteiger partial charge >= 0.3 is 0 Å². The normalized spacial score (nSPS) is 11.9. The summed E-state index contributed by atoms with van der Waals surface area (Å²) in [5.41, 5.74) is 1.49. The van der Waals surface area contributed by atoms with Crippen LogP contribution in [0.3, 0.4) is 0 Å². The highest BCUT2D eigenvalue weighted by molar-refractivity contribution is 7.92. The lowest BCUT2D eigenvalue weighted by Crippen LogP contribution is -2.53. The van der Waals surface area contributed by atoms with Crippen LogP contribution in [-0.2, 0) is 32.6 Å². The Morgan fingerprint density at radius 2 is 1.48 bits per heavy atom. The number of hydrogen-bond donors (Lipinski definition) is 1. The minimum absolute atomic E-state index is 0.0466. The van der Waals surface area contributed by atoms with Crippen molar-refractivity contribution in [2.24, 2.45) is 0 Å². The van der Waals surface area contributed by atoms with Crippen LogP contribution < -0.4 is 9.62 Å². The van der Waals surface area contributed by atoms with Crippen LogP contribution in [0, 0.1) is 5.82 Å². The van der Waals surface area contributed by atoms with Gasteiger partial charge in [0, 0.05) is 19.5 Å². The van der Waals surface area contributed by atoms with Gasteiger partial charge < -0.3 is 10.2 Å². The van der Waals surface area contributed by atoms with E-state index in [1.165, 1.54) is 29.2 Å². The maximum atomic E-state index is 14.3. The molecule has 44 heavy (non-hydrogen) atoms. The van der Waals surface area contributed by atoms with E-state index in [-0.39, 0.29) is 34.5 Å². The molecular formula is C33H32Cl2FN3O4S. The number of hydrogen-bond acceptors (Lipinski definition) is 4. The average Bonchev–Trinajstić information content (AvgIpc) is 3.03. The molecule has 0 fully saturated rings. The molecule has 2 amide bonds. The maximum absolute atomic E-state index is 14.3. The van der Waals surface area contributed by atoms with Crippen molar-refractivity contribution in [2.45, 2.75) is 37.2 Å². The second-order valence-corrected chi connectivity index (χ2v) is 12.7. The topological polar surface area (TPSA) is 86.8 Å². The predicted molar refractivity (Wildman–Crippen MR) is 172 cm³/mol. The molecule has 0 aliphatic heterocycles. The second kappa shape index (κ2) is 15.2. The number of amides is 2. The standard InChI is InChI=1S/C33H32Cl2FN3O4S/c1-2-19-37-33(41)31(21-24-9-5-3-6-10-24)38(22-25-13-18-29(34)30(35)20-25)32(40)23-39(27-16-14-26(36)15-17-27)44(42,43)28-11-7-4-8-12-28/h3-18,20,31H,2,19,21-23H2,1H3,(H,37,41)/t31-/m1/s1. The van der Waals surface area contributed by atoms with Gasteiger partial charge in [0.1, 0.15) is 18.4 Å². The Kier molecular flexibility index (Phi) is 11.4. The van der Waals surface area contributed by atoms with E-state index in [2.05, 4.69) is 5.32 Å². The Bertz CT molecular complexity index is 1670. The Morgan fingerprint density at radius 3 is 2.09 bits per heavy atom. The Morgan fingerprint density at radius 1 is 0.841 bits per heavy atom. The first-order valence-corrected chi connectivity index (χ1v) is 16.2. The van der Waals surface area contributed by atoms with Crippen LogP contribution >= 0.6 is 23.2 Å². The zero-order valence-corrected chi connectivity index (χ0v) is 26.3. The molecule has 0 aromatic heterocycles. The molecule has 4 aromatic rings. The third kappa shape index (κ3) is 8.37. The molecule has 0 bridgehead atoms. The quantitative estimate of drug-likeness (QED) is 0.178. The lowest BCUT2D eigenvalue weighted by atomic mass is 10.0. The summed E-state index contributed by atoms with van der Waals surface area (Å²) in [7, 11) is -4.28. The molecule has 4 aromatic carbocycles. The number of halogens is 3. The van der Waals surface area contributed by atoms with E-state index in [0.717, 1.165) is 22.0 Å². The number of carbonyl (C=O) groups excluding carboxylic acids is 2. The van der Waals surface area contributed by atoms with Crippen LogP contribution in [0.2, 0.25) is 10.0 Å². The maximum Gasteiger partial charge on any atom is 0.264 e. The van der Waals surface area contributed by atoms with Crippen LogP contribution in [0.25, 0.3) is 0 Å². The number of nitrogens with zero attached hydrogens (tertiary/aromatic N) is 2. The van der Waals surface area contributed by atoms with Crippen LogP contribution in [0.5, 0.6) is 0 Å². The van der Waals surface area contributed by atoms with E-state index in [9.17, 15) is 22.4 Å². The van der Waals surface area contributed by atoms with Crippen LogP contribution in [0.15, 0.2) is 108 Å². The van der Waals surface area contributed by atoms with Crippen LogP contribution in [0.4, 0.5) is 10.1 Å². The molecule has 0 aliphatic carbocycles. The van der Waals surface area contributed by atoms with E-state index in [1.54, 1.807) is 36.4 Å². The summed E-state index contributed by atoms with van der Waals surface area (Å²) in [5.74, 6) is -1.59. The van der Waals surface area contributed by atoms with Gasteiger partial charge in [0.05, 0.1) is 20.6 Å². The summed E-state index contributed by atoms with van der Waals surface area (Å²) >= 11 is 12.4. The first-order chi connectivity index (χ1) is 21.1. The summed E-state index contributed by atoms with van der Waals surface area (Å²) in [6, 6.07) is 25.6. The van der Waals surface area contributed by atoms with Crippen molar-refractivity contribution in [3.05, 3.63) is 130 Å². The molecule has 0 aliphatic rings. The van der Waals surface area contributed by atoms with Crippen LogP contribution in [-0.4, -0.2) is 44.3 Å². The fraction of sp³-hybridized carbons (Fsp3) is 0.212. The summed E-state index contributed by atoms with van der Waals surface area (Å²) in [6.07, 6.45) is 0.851. The van der Waals surface area contributed by atoms with Gasteiger partial charge in [-0.15, -0.1) is 0 Å². The second-order valence-electron chi connectivity index (χ2n) is 10.1. The fourth-order valence-corrected chi connectivity index (χ4v) is 6.37. The molecule has 230 valence electrons. The summed E-state index contributed by atoms with van der Waals surface area (Å²) < 4.78 is 42.6. The van der Waals surface area contributed by atoms with Gasteiger partial charge in [-0.05, 0) is 66.1 Å². The SMILES string of the molecule is CCCNC(=O)[C@@H](Cc1ccccc1)N(Cc1ccc(Cl)c(Cl)c1)C(=O)CN(c1ccc(F)cc1)S(=O)(=O)c1ccccc1. The number of carbonyl (C=O) groups is 2. The van der Waals surface area contributed by atoms with Gasteiger partial charge in [-0.3, -0.25) is 13.9 Å². The molecule has 0 spiro atoms. The summed E-state index contributed by atoms with van der Waals surface area (Å²) in [4.78, 5) is 29.3. The zero-order chi connectivity index (χ0) is 31.7. The Hall–Kier alpha value is -3.92. The molecule has 11 heteroatoms. The minimum atomic E-state index is -4.28. The number of rotatable bonds is 13. The molecule has 0 heterocycles. The molecule has 7 nitrogen and oxygen atoms in total. The largest absolute Gasteiger partial charge is 0.354 e. The molecule has 0 unspecified atom stereocenters. The number of anilines is 1. The lowest BCUT2D eigenvalue weighted by molar-refractivity contribution is -0.140. The van der Waals surface area contributed by atoms with Gasteiger partial charge in [-0.2, -0.15) is 0 Å². The van der Waals surface area contributed by atoms with E-state index >= 15 is 0 Å². The van der Waals surface area contributed by atoms with Gasteiger partial charge in [0.15, 0.2) is 0 Å². The van der Waals surface area contributed by atoms with Crippen molar-refractivity contribution in [2.75, 3.05) is 17.4 Å². The zero-order valence-electron chi connectivity index (χ0n) is 24.0. The monoisotopic (exact) mass is 655 g/mol. The van der Waals surface area contributed by atoms with Crippen LogP contribution in [0.1, 0.15) is 24.5 Å². The van der Waals surface area contributed by atoms with E-state index in [4.69, 9.17) is 23.2 Å². The lowest BCUT2D eigenvalue weighted by Gasteiger charge is -2.34. The molecule has 4 rings (SSSR count). The third-order valence-corrected chi connectivity index (χ3v) is 9.41. The Balaban J connectivity index is 1.80. The molecular weight excluding hydrogens is 624 g/mol. The predicted octanol–water partition coefficient (Wildman–Crippen LogP) is 6.49. The first-order valence-electron chi connectivity index (χ1n) is 14.0. The molecule has 0 saturated heterocycles. The van der Waals surface area contributed by atoms with Crippen molar-refractivity contribution in [3.8, 4) is 0 Å². The first kappa shape index (κ1) is 33.0. The highest BCUT2D eigenvalue weighted by Crippen LogP contribution is 2.27. The smallest absolute Gasteiger partial charge is 0.264 e. The van der Waals surface area contributed by atoms with Gasteiger partial charge in [-0.25, -0.2) is 12.8 Å². The van der Waals surface area contributed by atoms with Gasteiger partial charge in [0.25, 0.3) is 10.0 Å². The van der Waals surface area contributed by atoms with E-state index < -0.39 is 34.3 Å². The third-order valence-electron chi connectivity index (χ3n) is 6.88. The molecule has 1 atom stereocenters. The summed E-state index contributed by atoms with van der Waals surface area (Å²) in [6.45, 7) is 1.59. The number of benzene rings is 4. The molecule has 0 saturated carbocycles. The highest BCUT2D eigenvalue weighted by atomic mass is 35.5. The van der Waals surface area contributed by atoms with Gasteiger partial charge in [-0.1, -0.05) is 84.7 Å². The Labute approximate surface area is 267 Å². The number of nitrogens with one attached hydrogen (secondary N) is 1. The minimum Gasteiger partial charge on any atom is -0.354 e. The highest BCUT2D eigenvalue weighted by Gasteiger charge is 2.34. The average molecular weight is 657 g/mol. The molecule has 1 N–H and O–H groups in total. The summed E-state index contributed by atoms with van der Waals surface area (Å²) in [5, 5.41) is 3.48. The van der Waals surface area contributed by atoms with Crippen molar-refractivity contribution in [1.29, 1.82) is 0 Å². The molecule has 0 radical (unpaired) electrons.